The highest BCUT2D eigenvalue weighted by Gasteiger charge is 2.29. The van der Waals surface area contributed by atoms with Crippen molar-refractivity contribution >= 4 is 5.91 Å². The number of nitrogens with zero attached hydrogens (tertiary/aromatic N) is 4. The zero-order valence-corrected chi connectivity index (χ0v) is 15.9. The van der Waals surface area contributed by atoms with Crippen molar-refractivity contribution in [3.63, 3.8) is 0 Å². The molecule has 0 aliphatic carbocycles. The number of hydrogen-bond donors (Lipinski definition) is 1. The van der Waals surface area contributed by atoms with Gasteiger partial charge in [-0.05, 0) is 42.0 Å². The smallest absolute Gasteiger partial charge is 0.224 e. The summed E-state index contributed by atoms with van der Waals surface area (Å²) < 4.78 is 15.4. The van der Waals surface area contributed by atoms with Gasteiger partial charge in [-0.1, -0.05) is 0 Å². The van der Waals surface area contributed by atoms with Gasteiger partial charge in [0.15, 0.2) is 0 Å². The standard InChI is InChI=1S/C21H22FN5O/c1-26(2)19(28)11-17-12-24-13-18-20(14-7-9-23-10-8-14)21(25-27(17)18)15-3-5-16(22)6-4-15/h3-10,17,24H,11-13H2,1-2H3/t17-/m1/s1. The number of rotatable bonds is 4. The number of halogens is 1. The number of hydrogen-bond acceptors (Lipinski definition) is 4. The predicted octanol–water partition coefficient (Wildman–Crippen LogP) is 2.87. The Bertz CT molecular complexity index is 982. The van der Waals surface area contributed by atoms with Crippen molar-refractivity contribution in [3.8, 4) is 22.4 Å². The molecule has 1 aliphatic heterocycles. The number of amides is 1. The molecule has 0 saturated carbocycles. The third kappa shape index (κ3) is 3.41. The van der Waals surface area contributed by atoms with Crippen LogP contribution in [0.4, 0.5) is 4.39 Å². The molecule has 0 bridgehead atoms. The monoisotopic (exact) mass is 379 g/mol. The number of carbonyl (C=O) groups excluding carboxylic acids is 1. The molecule has 0 fully saturated rings. The van der Waals surface area contributed by atoms with Gasteiger partial charge in [-0.2, -0.15) is 5.10 Å². The highest BCUT2D eigenvalue weighted by atomic mass is 19.1. The molecule has 144 valence electrons. The van der Waals surface area contributed by atoms with Crippen molar-refractivity contribution in [2.24, 2.45) is 0 Å². The number of benzene rings is 1. The summed E-state index contributed by atoms with van der Waals surface area (Å²) >= 11 is 0. The second-order valence-electron chi connectivity index (χ2n) is 7.13. The summed E-state index contributed by atoms with van der Waals surface area (Å²) in [5.41, 5.74) is 4.63. The van der Waals surface area contributed by atoms with Crippen molar-refractivity contribution < 1.29 is 9.18 Å². The number of nitrogens with one attached hydrogen (secondary N) is 1. The molecule has 6 nitrogen and oxygen atoms in total. The van der Waals surface area contributed by atoms with Gasteiger partial charge in [-0.15, -0.1) is 0 Å². The zero-order valence-electron chi connectivity index (χ0n) is 15.9. The summed E-state index contributed by atoms with van der Waals surface area (Å²) in [5.74, 6) is -0.224. The molecule has 0 spiro atoms. The fourth-order valence-corrected chi connectivity index (χ4v) is 3.56. The van der Waals surface area contributed by atoms with Gasteiger partial charge in [0, 0.05) is 50.7 Å². The second-order valence-corrected chi connectivity index (χ2v) is 7.13. The number of carbonyl (C=O) groups is 1. The molecular formula is C21H22FN5O. The Hall–Kier alpha value is -3.06. The van der Waals surface area contributed by atoms with Crippen LogP contribution in [0.2, 0.25) is 0 Å². The van der Waals surface area contributed by atoms with Crippen molar-refractivity contribution in [1.29, 1.82) is 0 Å². The van der Waals surface area contributed by atoms with Gasteiger partial charge in [0.1, 0.15) is 11.5 Å². The second kappa shape index (κ2) is 7.52. The zero-order chi connectivity index (χ0) is 19.7. The molecule has 1 aliphatic rings. The molecule has 1 atom stereocenters. The van der Waals surface area contributed by atoms with Crippen LogP contribution in [0.1, 0.15) is 18.2 Å². The minimum atomic E-state index is -0.283. The first kappa shape index (κ1) is 18.3. The maximum absolute atomic E-state index is 13.4. The summed E-state index contributed by atoms with van der Waals surface area (Å²) in [6.07, 6.45) is 3.86. The van der Waals surface area contributed by atoms with Crippen LogP contribution >= 0.6 is 0 Å². The number of pyridine rings is 1. The normalized spacial score (nSPS) is 15.9. The quantitative estimate of drug-likeness (QED) is 0.757. The van der Waals surface area contributed by atoms with E-state index in [1.165, 1.54) is 12.1 Å². The Morgan fingerprint density at radius 1 is 1.18 bits per heavy atom. The van der Waals surface area contributed by atoms with E-state index in [1.54, 1.807) is 43.5 Å². The van der Waals surface area contributed by atoms with Crippen molar-refractivity contribution in [3.05, 3.63) is 60.3 Å². The molecule has 1 aromatic carbocycles. The van der Waals surface area contributed by atoms with Gasteiger partial charge >= 0.3 is 0 Å². The summed E-state index contributed by atoms with van der Waals surface area (Å²) in [6.45, 7) is 1.32. The minimum absolute atomic E-state index is 0.0592. The lowest BCUT2D eigenvalue weighted by molar-refractivity contribution is -0.129. The average Bonchev–Trinajstić information content (AvgIpc) is 3.09. The average molecular weight is 379 g/mol. The van der Waals surface area contributed by atoms with Gasteiger partial charge in [0.2, 0.25) is 5.91 Å². The van der Waals surface area contributed by atoms with Gasteiger partial charge in [-0.3, -0.25) is 14.5 Å². The SMILES string of the molecule is CN(C)C(=O)C[C@@H]1CNCc2c(-c3ccncc3)c(-c3ccc(F)cc3)nn21. The molecule has 3 aromatic rings. The van der Waals surface area contributed by atoms with E-state index >= 15 is 0 Å². The van der Waals surface area contributed by atoms with Gasteiger partial charge in [0.25, 0.3) is 0 Å². The van der Waals surface area contributed by atoms with Gasteiger partial charge < -0.3 is 10.2 Å². The van der Waals surface area contributed by atoms with Crippen molar-refractivity contribution in [2.45, 2.75) is 19.0 Å². The molecular weight excluding hydrogens is 357 g/mol. The van der Waals surface area contributed by atoms with Crippen LogP contribution in [-0.2, 0) is 11.3 Å². The summed E-state index contributed by atoms with van der Waals surface area (Å²) in [5, 5.41) is 8.30. The summed E-state index contributed by atoms with van der Waals surface area (Å²) in [7, 11) is 3.52. The van der Waals surface area contributed by atoms with E-state index in [0.29, 0.717) is 19.5 Å². The predicted molar refractivity (Wildman–Crippen MR) is 105 cm³/mol. The van der Waals surface area contributed by atoms with E-state index < -0.39 is 0 Å². The first-order valence-corrected chi connectivity index (χ1v) is 9.23. The third-order valence-electron chi connectivity index (χ3n) is 5.02. The third-order valence-corrected chi connectivity index (χ3v) is 5.02. The first-order chi connectivity index (χ1) is 13.5. The maximum Gasteiger partial charge on any atom is 0.224 e. The molecule has 0 radical (unpaired) electrons. The molecule has 4 rings (SSSR count). The van der Waals surface area contributed by atoms with Gasteiger partial charge in [0.05, 0.1) is 18.2 Å². The van der Waals surface area contributed by atoms with Crippen LogP contribution in [0.5, 0.6) is 0 Å². The Kier molecular flexibility index (Phi) is 4.92. The maximum atomic E-state index is 13.4. The Labute approximate surface area is 163 Å². The molecule has 0 saturated heterocycles. The Morgan fingerprint density at radius 3 is 2.57 bits per heavy atom. The largest absolute Gasteiger partial charge is 0.349 e. The molecule has 28 heavy (non-hydrogen) atoms. The topological polar surface area (TPSA) is 63.1 Å². The van der Waals surface area contributed by atoms with E-state index in [-0.39, 0.29) is 17.8 Å². The van der Waals surface area contributed by atoms with Crippen LogP contribution < -0.4 is 5.32 Å². The molecule has 2 aromatic heterocycles. The molecule has 0 unspecified atom stereocenters. The fourth-order valence-electron chi connectivity index (χ4n) is 3.56. The van der Waals surface area contributed by atoms with E-state index in [4.69, 9.17) is 5.10 Å². The molecule has 1 amide bonds. The van der Waals surface area contributed by atoms with E-state index in [1.807, 2.05) is 16.8 Å². The van der Waals surface area contributed by atoms with E-state index in [9.17, 15) is 9.18 Å². The number of fused-ring (bicyclic) bond motifs is 1. The van der Waals surface area contributed by atoms with Crippen LogP contribution in [-0.4, -0.2) is 46.2 Å². The van der Waals surface area contributed by atoms with Gasteiger partial charge in [-0.25, -0.2) is 4.39 Å². The number of aromatic nitrogens is 3. The Morgan fingerprint density at radius 2 is 1.89 bits per heavy atom. The highest BCUT2D eigenvalue weighted by molar-refractivity contribution is 5.83. The highest BCUT2D eigenvalue weighted by Crippen LogP contribution is 2.37. The van der Waals surface area contributed by atoms with Crippen molar-refractivity contribution in [1.82, 2.24) is 25.0 Å². The Balaban J connectivity index is 1.85. The van der Waals surface area contributed by atoms with Crippen molar-refractivity contribution in [2.75, 3.05) is 20.6 Å². The summed E-state index contributed by atoms with van der Waals surface area (Å²) in [4.78, 5) is 18.0. The molecule has 7 heteroatoms. The fraction of sp³-hybridized carbons (Fsp3) is 0.286. The first-order valence-electron chi connectivity index (χ1n) is 9.23. The lowest BCUT2D eigenvalue weighted by Gasteiger charge is -2.26. The molecule has 3 heterocycles. The van der Waals surface area contributed by atoms with Crippen LogP contribution in [0, 0.1) is 5.82 Å². The summed E-state index contributed by atoms with van der Waals surface area (Å²) in [6, 6.07) is 10.2. The lowest BCUT2D eigenvalue weighted by Crippen LogP contribution is -2.37. The lowest BCUT2D eigenvalue weighted by atomic mass is 9.98. The molecule has 1 N–H and O–H groups in total. The van der Waals surface area contributed by atoms with Crippen LogP contribution in [0.25, 0.3) is 22.4 Å². The van der Waals surface area contributed by atoms with E-state index in [0.717, 1.165) is 28.1 Å². The van der Waals surface area contributed by atoms with Crippen LogP contribution in [0.15, 0.2) is 48.8 Å². The minimum Gasteiger partial charge on any atom is -0.349 e. The van der Waals surface area contributed by atoms with E-state index in [2.05, 4.69) is 10.3 Å². The van der Waals surface area contributed by atoms with Crippen LogP contribution in [0.3, 0.4) is 0 Å².